The molecule has 1 aliphatic rings. The Balaban J connectivity index is 2.00. The number of benzene rings is 2. The van der Waals surface area contributed by atoms with Crippen LogP contribution in [0.25, 0.3) is 11.1 Å². The highest BCUT2D eigenvalue weighted by Gasteiger charge is 2.20. The van der Waals surface area contributed by atoms with E-state index in [4.69, 9.17) is 5.11 Å². The summed E-state index contributed by atoms with van der Waals surface area (Å²) in [6, 6.07) is 14.3. The highest BCUT2D eigenvalue weighted by atomic mass is 16.4. The van der Waals surface area contributed by atoms with Gasteiger partial charge in [-0.25, -0.2) is 0 Å². The monoisotopic (exact) mass is 239 g/mol. The number of hydrogen-bond acceptors (Lipinski definition) is 2. The van der Waals surface area contributed by atoms with Gasteiger partial charge in [-0.05, 0) is 28.3 Å². The van der Waals surface area contributed by atoms with Crippen molar-refractivity contribution >= 4 is 11.7 Å². The minimum Gasteiger partial charge on any atom is -0.480 e. The standard InChI is InChI=1S/C15H13NO2/c17-15(18)9-16-14-7-3-6-12-11-5-2-1-4-10(11)8-13(12)14/h1-7,16H,8-9H2,(H,17,18). The average Bonchev–Trinajstić information content (AvgIpc) is 2.75. The first-order chi connectivity index (χ1) is 8.75. The molecule has 0 saturated carbocycles. The fourth-order valence-electron chi connectivity index (χ4n) is 2.49. The second-order valence-electron chi connectivity index (χ2n) is 4.41. The number of aliphatic carboxylic acids is 1. The fraction of sp³-hybridized carbons (Fsp3) is 0.133. The summed E-state index contributed by atoms with van der Waals surface area (Å²) in [4.78, 5) is 10.6. The van der Waals surface area contributed by atoms with Crippen molar-refractivity contribution in [2.45, 2.75) is 6.42 Å². The van der Waals surface area contributed by atoms with E-state index in [-0.39, 0.29) is 6.54 Å². The maximum atomic E-state index is 10.6. The lowest BCUT2D eigenvalue weighted by Gasteiger charge is -2.09. The average molecular weight is 239 g/mol. The number of hydrogen-bond donors (Lipinski definition) is 2. The van der Waals surface area contributed by atoms with Crippen LogP contribution in [0.5, 0.6) is 0 Å². The molecule has 0 heterocycles. The molecule has 18 heavy (non-hydrogen) atoms. The van der Waals surface area contributed by atoms with Crippen molar-refractivity contribution in [3.8, 4) is 11.1 Å². The lowest BCUT2D eigenvalue weighted by atomic mass is 10.1. The zero-order valence-electron chi connectivity index (χ0n) is 9.81. The quantitative estimate of drug-likeness (QED) is 0.738. The van der Waals surface area contributed by atoms with Gasteiger partial charge in [-0.2, -0.15) is 0 Å². The van der Waals surface area contributed by atoms with E-state index in [0.717, 1.165) is 12.1 Å². The van der Waals surface area contributed by atoms with Crippen molar-refractivity contribution in [1.82, 2.24) is 0 Å². The van der Waals surface area contributed by atoms with E-state index in [1.54, 1.807) is 0 Å². The second kappa shape index (κ2) is 4.18. The van der Waals surface area contributed by atoms with Crippen LogP contribution < -0.4 is 5.32 Å². The topological polar surface area (TPSA) is 49.3 Å². The van der Waals surface area contributed by atoms with Gasteiger partial charge in [0.2, 0.25) is 0 Å². The van der Waals surface area contributed by atoms with Gasteiger partial charge in [0.15, 0.2) is 0 Å². The molecule has 2 aromatic carbocycles. The third-order valence-corrected chi connectivity index (χ3v) is 3.28. The summed E-state index contributed by atoms with van der Waals surface area (Å²) in [6.07, 6.45) is 0.869. The van der Waals surface area contributed by atoms with Crippen LogP contribution in [-0.2, 0) is 11.2 Å². The normalized spacial score (nSPS) is 11.8. The molecular formula is C15H13NO2. The van der Waals surface area contributed by atoms with Crippen LogP contribution in [0.2, 0.25) is 0 Å². The summed E-state index contributed by atoms with van der Waals surface area (Å²) >= 11 is 0. The van der Waals surface area contributed by atoms with Crippen LogP contribution in [-0.4, -0.2) is 17.6 Å². The molecule has 3 heteroatoms. The van der Waals surface area contributed by atoms with Crippen LogP contribution in [0.3, 0.4) is 0 Å². The summed E-state index contributed by atoms with van der Waals surface area (Å²) in [7, 11) is 0. The summed E-state index contributed by atoms with van der Waals surface area (Å²) in [5, 5.41) is 11.7. The molecule has 1 aliphatic carbocycles. The van der Waals surface area contributed by atoms with Crippen molar-refractivity contribution in [3.63, 3.8) is 0 Å². The highest BCUT2D eigenvalue weighted by molar-refractivity contribution is 5.83. The molecule has 90 valence electrons. The molecule has 0 aliphatic heterocycles. The number of rotatable bonds is 3. The molecule has 0 aromatic heterocycles. The lowest BCUT2D eigenvalue weighted by Crippen LogP contribution is -2.13. The molecule has 0 saturated heterocycles. The number of carboxylic acids is 1. The molecule has 0 atom stereocenters. The Morgan fingerprint density at radius 1 is 1.11 bits per heavy atom. The molecule has 3 rings (SSSR count). The predicted molar refractivity (Wildman–Crippen MR) is 70.8 cm³/mol. The Morgan fingerprint density at radius 3 is 2.72 bits per heavy atom. The first-order valence-corrected chi connectivity index (χ1v) is 5.91. The van der Waals surface area contributed by atoms with Gasteiger partial charge in [0.05, 0.1) is 0 Å². The van der Waals surface area contributed by atoms with E-state index >= 15 is 0 Å². The smallest absolute Gasteiger partial charge is 0.322 e. The van der Waals surface area contributed by atoms with Crippen molar-refractivity contribution < 1.29 is 9.90 Å². The molecule has 0 bridgehead atoms. The summed E-state index contributed by atoms with van der Waals surface area (Å²) < 4.78 is 0. The van der Waals surface area contributed by atoms with Gasteiger partial charge in [-0.3, -0.25) is 4.79 Å². The Morgan fingerprint density at radius 2 is 1.89 bits per heavy atom. The largest absolute Gasteiger partial charge is 0.480 e. The SMILES string of the molecule is O=C(O)CNc1cccc2c1Cc1ccccc1-2. The zero-order chi connectivity index (χ0) is 12.5. The molecule has 0 amide bonds. The molecule has 3 nitrogen and oxygen atoms in total. The van der Waals surface area contributed by atoms with Crippen molar-refractivity contribution in [2.75, 3.05) is 11.9 Å². The van der Waals surface area contributed by atoms with E-state index < -0.39 is 5.97 Å². The summed E-state index contributed by atoms with van der Waals surface area (Å²) in [5.74, 6) is -0.844. The number of nitrogens with one attached hydrogen (secondary N) is 1. The van der Waals surface area contributed by atoms with Crippen LogP contribution in [0, 0.1) is 0 Å². The lowest BCUT2D eigenvalue weighted by molar-refractivity contribution is -0.134. The van der Waals surface area contributed by atoms with E-state index in [9.17, 15) is 4.79 Å². The Bertz CT molecular complexity index is 620. The first kappa shape index (κ1) is 10.8. The van der Waals surface area contributed by atoms with Gasteiger partial charge in [0.25, 0.3) is 0 Å². The third-order valence-electron chi connectivity index (χ3n) is 3.28. The van der Waals surface area contributed by atoms with Crippen molar-refractivity contribution in [3.05, 3.63) is 53.6 Å². The maximum Gasteiger partial charge on any atom is 0.322 e. The molecule has 0 radical (unpaired) electrons. The Hall–Kier alpha value is -2.29. The minimum absolute atomic E-state index is 0.0488. The van der Waals surface area contributed by atoms with E-state index in [1.807, 2.05) is 24.3 Å². The van der Waals surface area contributed by atoms with Crippen LogP contribution in [0.4, 0.5) is 5.69 Å². The first-order valence-electron chi connectivity index (χ1n) is 5.91. The summed E-state index contributed by atoms with van der Waals surface area (Å²) in [6.45, 7) is -0.0488. The highest BCUT2D eigenvalue weighted by Crippen LogP contribution is 2.39. The Labute approximate surface area is 105 Å². The van der Waals surface area contributed by atoms with E-state index in [1.165, 1.54) is 22.3 Å². The van der Waals surface area contributed by atoms with Crippen molar-refractivity contribution in [2.24, 2.45) is 0 Å². The minimum atomic E-state index is -0.844. The van der Waals surface area contributed by atoms with Gasteiger partial charge in [-0.15, -0.1) is 0 Å². The van der Waals surface area contributed by atoms with Gasteiger partial charge < -0.3 is 10.4 Å². The molecule has 0 unspecified atom stereocenters. The van der Waals surface area contributed by atoms with Gasteiger partial charge in [0.1, 0.15) is 6.54 Å². The maximum absolute atomic E-state index is 10.6. The molecule has 0 fully saturated rings. The number of carbonyl (C=O) groups is 1. The van der Waals surface area contributed by atoms with Gasteiger partial charge in [-0.1, -0.05) is 36.4 Å². The second-order valence-corrected chi connectivity index (χ2v) is 4.41. The van der Waals surface area contributed by atoms with Gasteiger partial charge >= 0.3 is 5.97 Å². The molecule has 2 N–H and O–H groups in total. The van der Waals surface area contributed by atoms with Crippen LogP contribution in [0.15, 0.2) is 42.5 Å². The Kier molecular flexibility index (Phi) is 2.52. The van der Waals surface area contributed by atoms with Gasteiger partial charge in [0, 0.05) is 12.1 Å². The van der Waals surface area contributed by atoms with Crippen molar-refractivity contribution in [1.29, 1.82) is 0 Å². The number of carboxylic acid groups (broad SMARTS) is 1. The van der Waals surface area contributed by atoms with E-state index in [0.29, 0.717) is 0 Å². The number of fused-ring (bicyclic) bond motifs is 3. The molecule has 2 aromatic rings. The predicted octanol–water partition coefficient (Wildman–Crippen LogP) is 2.75. The van der Waals surface area contributed by atoms with E-state index in [2.05, 4.69) is 23.5 Å². The molecule has 0 spiro atoms. The molecular weight excluding hydrogens is 226 g/mol. The fourth-order valence-corrected chi connectivity index (χ4v) is 2.49. The van der Waals surface area contributed by atoms with Crippen LogP contribution >= 0.6 is 0 Å². The van der Waals surface area contributed by atoms with Crippen LogP contribution in [0.1, 0.15) is 11.1 Å². The number of anilines is 1. The summed E-state index contributed by atoms with van der Waals surface area (Å²) in [5.41, 5.74) is 5.88. The third kappa shape index (κ3) is 1.74. The zero-order valence-corrected chi connectivity index (χ0v) is 9.81.